The SMILES string of the molecule is Cc1c(Cl)cc(Cl)c(/N=N/CC(=O)O)c1Cl. The third-order valence-corrected chi connectivity index (χ3v) is 2.89. The largest absolute Gasteiger partial charge is 0.480 e. The Morgan fingerprint density at radius 3 is 2.56 bits per heavy atom. The van der Waals surface area contributed by atoms with Crippen molar-refractivity contribution in [1.82, 2.24) is 0 Å². The molecule has 0 unspecified atom stereocenters. The monoisotopic (exact) mass is 280 g/mol. The number of azo groups is 1. The van der Waals surface area contributed by atoms with Gasteiger partial charge in [0.05, 0.1) is 10.0 Å². The van der Waals surface area contributed by atoms with Crippen LogP contribution in [0.15, 0.2) is 16.3 Å². The maximum atomic E-state index is 10.2. The predicted octanol–water partition coefficient (Wildman–Crippen LogP) is 4.12. The fourth-order valence-electron chi connectivity index (χ4n) is 0.933. The molecule has 0 saturated heterocycles. The number of nitrogens with zero attached hydrogens (tertiary/aromatic N) is 2. The molecular weight excluding hydrogens is 274 g/mol. The minimum Gasteiger partial charge on any atom is -0.480 e. The van der Waals surface area contributed by atoms with Gasteiger partial charge < -0.3 is 5.11 Å². The molecule has 1 aromatic carbocycles. The lowest BCUT2D eigenvalue weighted by Crippen LogP contribution is -1.97. The lowest BCUT2D eigenvalue weighted by molar-refractivity contribution is -0.135. The number of hydrogen-bond donors (Lipinski definition) is 1. The topological polar surface area (TPSA) is 62.0 Å². The second-order valence-electron chi connectivity index (χ2n) is 2.92. The van der Waals surface area contributed by atoms with E-state index in [2.05, 4.69) is 10.2 Å². The van der Waals surface area contributed by atoms with Gasteiger partial charge in [-0.05, 0) is 18.6 Å². The van der Waals surface area contributed by atoms with Crippen LogP contribution in [0.3, 0.4) is 0 Å². The van der Waals surface area contributed by atoms with Gasteiger partial charge >= 0.3 is 5.97 Å². The van der Waals surface area contributed by atoms with Gasteiger partial charge in [-0.3, -0.25) is 4.79 Å². The van der Waals surface area contributed by atoms with E-state index in [1.165, 1.54) is 6.07 Å². The fourth-order valence-corrected chi connectivity index (χ4v) is 1.77. The Balaban J connectivity index is 3.09. The molecule has 0 radical (unpaired) electrons. The molecule has 1 N–H and O–H groups in total. The first-order valence-corrected chi connectivity index (χ1v) is 5.30. The second kappa shape index (κ2) is 5.48. The minimum atomic E-state index is -1.08. The zero-order valence-electron chi connectivity index (χ0n) is 8.17. The van der Waals surface area contributed by atoms with Crippen molar-refractivity contribution in [2.45, 2.75) is 6.92 Å². The van der Waals surface area contributed by atoms with E-state index in [0.29, 0.717) is 10.6 Å². The van der Waals surface area contributed by atoms with E-state index in [1.807, 2.05) is 0 Å². The highest BCUT2D eigenvalue weighted by atomic mass is 35.5. The Morgan fingerprint density at radius 1 is 1.38 bits per heavy atom. The highest BCUT2D eigenvalue weighted by molar-refractivity contribution is 6.42. The van der Waals surface area contributed by atoms with Gasteiger partial charge in [-0.2, -0.15) is 10.2 Å². The van der Waals surface area contributed by atoms with Crippen LogP contribution in [0.1, 0.15) is 5.56 Å². The smallest absolute Gasteiger partial charge is 0.327 e. The fraction of sp³-hybridized carbons (Fsp3) is 0.222. The summed E-state index contributed by atoms with van der Waals surface area (Å²) >= 11 is 17.6. The van der Waals surface area contributed by atoms with Crippen molar-refractivity contribution in [2.75, 3.05) is 6.54 Å². The summed E-state index contributed by atoms with van der Waals surface area (Å²) in [5.41, 5.74) is 0.850. The van der Waals surface area contributed by atoms with Crippen LogP contribution in [0.2, 0.25) is 15.1 Å². The first-order valence-electron chi connectivity index (χ1n) is 4.17. The van der Waals surface area contributed by atoms with Crippen molar-refractivity contribution < 1.29 is 9.90 Å². The van der Waals surface area contributed by atoms with Crippen LogP contribution >= 0.6 is 34.8 Å². The van der Waals surface area contributed by atoms with Crippen LogP contribution in [0.4, 0.5) is 5.69 Å². The van der Waals surface area contributed by atoms with E-state index in [0.717, 1.165) is 0 Å². The summed E-state index contributed by atoms with van der Waals surface area (Å²) in [6.45, 7) is 1.27. The lowest BCUT2D eigenvalue weighted by atomic mass is 10.2. The molecule has 0 aliphatic rings. The number of carbonyl (C=O) groups is 1. The number of carboxylic acids is 1. The Kier molecular flexibility index (Phi) is 4.53. The van der Waals surface area contributed by atoms with Crippen molar-refractivity contribution in [2.24, 2.45) is 10.2 Å². The molecule has 0 aromatic heterocycles. The first-order chi connectivity index (χ1) is 7.43. The molecule has 0 bridgehead atoms. The summed E-state index contributed by atoms with van der Waals surface area (Å²) < 4.78 is 0. The molecule has 0 aliphatic carbocycles. The predicted molar refractivity (Wildman–Crippen MR) is 63.2 cm³/mol. The molecule has 7 heteroatoms. The molecule has 4 nitrogen and oxygen atoms in total. The molecule has 16 heavy (non-hydrogen) atoms. The van der Waals surface area contributed by atoms with Crippen molar-refractivity contribution in [1.29, 1.82) is 0 Å². The van der Waals surface area contributed by atoms with E-state index in [9.17, 15) is 4.79 Å². The quantitative estimate of drug-likeness (QED) is 0.847. The standard InChI is InChI=1S/C9H7Cl3N2O2/c1-4-5(10)2-6(11)9(8(4)12)14-13-3-7(15)16/h2H,3H2,1H3,(H,15,16)/b14-13+. The number of rotatable bonds is 3. The second-order valence-corrected chi connectivity index (χ2v) is 4.11. The van der Waals surface area contributed by atoms with Crippen LogP contribution in [-0.4, -0.2) is 17.6 Å². The summed E-state index contributed by atoms with van der Waals surface area (Å²) in [6.07, 6.45) is 0. The number of halogens is 3. The van der Waals surface area contributed by atoms with Crippen molar-refractivity contribution in [3.63, 3.8) is 0 Å². The van der Waals surface area contributed by atoms with E-state index >= 15 is 0 Å². The molecule has 0 amide bonds. The Bertz CT molecular complexity index is 461. The maximum absolute atomic E-state index is 10.2. The van der Waals surface area contributed by atoms with Gasteiger partial charge in [-0.25, -0.2) is 0 Å². The van der Waals surface area contributed by atoms with Crippen LogP contribution in [0.5, 0.6) is 0 Å². The molecule has 1 aromatic rings. The molecule has 86 valence electrons. The number of benzene rings is 1. The zero-order chi connectivity index (χ0) is 12.3. The number of hydrogen-bond acceptors (Lipinski definition) is 3. The highest BCUT2D eigenvalue weighted by Crippen LogP contribution is 2.39. The summed E-state index contributed by atoms with van der Waals surface area (Å²) in [6, 6.07) is 1.49. The van der Waals surface area contributed by atoms with Crippen LogP contribution in [-0.2, 0) is 4.79 Å². The van der Waals surface area contributed by atoms with E-state index in [1.54, 1.807) is 6.92 Å². The molecule has 0 spiro atoms. The van der Waals surface area contributed by atoms with Crippen molar-refractivity contribution >= 4 is 46.5 Å². The highest BCUT2D eigenvalue weighted by Gasteiger charge is 2.11. The average molecular weight is 282 g/mol. The van der Waals surface area contributed by atoms with Gasteiger partial charge in [0.2, 0.25) is 0 Å². The van der Waals surface area contributed by atoms with Crippen LogP contribution in [0.25, 0.3) is 0 Å². The molecule has 0 aliphatic heterocycles. The van der Waals surface area contributed by atoms with E-state index < -0.39 is 12.5 Å². The van der Waals surface area contributed by atoms with Gasteiger partial charge in [-0.15, -0.1) is 0 Å². The van der Waals surface area contributed by atoms with Gasteiger partial charge in [0.25, 0.3) is 0 Å². The molecule has 1 rings (SSSR count). The van der Waals surface area contributed by atoms with E-state index in [4.69, 9.17) is 39.9 Å². The minimum absolute atomic E-state index is 0.228. The summed E-state index contributed by atoms with van der Waals surface area (Å²) in [7, 11) is 0. The molecular formula is C9H7Cl3N2O2. The van der Waals surface area contributed by atoms with Gasteiger partial charge in [0.1, 0.15) is 5.69 Å². The summed E-state index contributed by atoms with van der Waals surface area (Å²) in [4.78, 5) is 10.2. The normalized spacial score (nSPS) is 11.0. The zero-order valence-corrected chi connectivity index (χ0v) is 10.4. The average Bonchev–Trinajstić information content (AvgIpc) is 2.19. The lowest BCUT2D eigenvalue weighted by Gasteiger charge is -2.05. The first kappa shape index (κ1) is 13.2. The Morgan fingerprint density at radius 2 is 2.00 bits per heavy atom. The Labute approximate surface area is 107 Å². The van der Waals surface area contributed by atoms with Crippen molar-refractivity contribution in [3.8, 4) is 0 Å². The van der Waals surface area contributed by atoms with Crippen LogP contribution < -0.4 is 0 Å². The maximum Gasteiger partial charge on any atom is 0.327 e. The third-order valence-electron chi connectivity index (χ3n) is 1.75. The van der Waals surface area contributed by atoms with Gasteiger partial charge in [0, 0.05) is 5.02 Å². The third kappa shape index (κ3) is 3.07. The Hall–Kier alpha value is -0.840. The van der Waals surface area contributed by atoms with Crippen molar-refractivity contribution in [3.05, 3.63) is 26.7 Å². The van der Waals surface area contributed by atoms with E-state index in [-0.39, 0.29) is 15.7 Å². The molecule has 0 atom stereocenters. The van der Waals surface area contributed by atoms with Gasteiger partial charge in [-0.1, -0.05) is 34.8 Å². The number of aliphatic carboxylic acids is 1. The summed E-state index contributed by atoms with van der Waals surface area (Å²) in [5.74, 6) is -1.08. The van der Waals surface area contributed by atoms with Gasteiger partial charge in [0.15, 0.2) is 6.54 Å². The number of carboxylic acid groups (broad SMARTS) is 1. The van der Waals surface area contributed by atoms with Crippen LogP contribution in [0, 0.1) is 6.92 Å². The molecule has 0 saturated carbocycles. The molecule has 0 heterocycles. The summed E-state index contributed by atoms with van der Waals surface area (Å²) in [5, 5.41) is 16.4. The molecule has 0 fully saturated rings.